The minimum absolute atomic E-state index is 0.326. The predicted molar refractivity (Wildman–Crippen MR) is 78.1 cm³/mol. The SMILES string of the molecule is CCn1ccc2cc(-c3ncc(N)nc3Cl)ccc21. The summed E-state index contributed by atoms with van der Waals surface area (Å²) in [6.07, 6.45) is 3.59. The van der Waals surface area contributed by atoms with Crippen LogP contribution in [0.5, 0.6) is 0 Å². The summed E-state index contributed by atoms with van der Waals surface area (Å²) >= 11 is 6.09. The third-order valence-electron chi connectivity index (χ3n) is 3.13. The van der Waals surface area contributed by atoms with Crippen molar-refractivity contribution >= 4 is 28.3 Å². The Kier molecular flexibility index (Phi) is 2.87. The van der Waals surface area contributed by atoms with E-state index in [0.717, 1.165) is 17.5 Å². The van der Waals surface area contributed by atoms with E-state index in [1.165, 1.54) is 11.7 Å². The quantitative estimate of drug-likeness (QED) is 0.778. The molecule has 0 spiro atoms. The molecule has 0 aliphatic heterocycles. The molecule has 0 saturated carbocycles. The zero-order valence-corrected chi connectivity index (χ0v) is 11.2. The highest BCUT2D eigenvalue weighted by Gasteiger charge is 2.09. The van der Waals surface area contributed by atoms with Crippen LogP contribution in [0.2, 0.25) is 5.15 Å². The number of benzene rings is 1. The van der Waals surface area contributed by atoms with Crippen molar-refractivity contribution in [1.29, 1.82) is 0 Å². The summed E-state index contributed by atoms with van der Waals surface area (Å²) < 4.78 is 2.19. The largest absolute Gasteiger partial charge is 0.382 e. The van der Waals surface area contributed by atoms with Gasteiger partial charge in [-0.1, -0.05) is 17.7 Å². The van der Waals surface area contributed by atoms with Gasteiger partial charge in [-0.05, 0) is 25.1 Å². The lowest BCUT2D eigenvalue weighted by molar-refractivity contribution is 0.798. The van der Waals surface area contributed by atoms with Gasteiger partial charge in [0, 0.05) is 29.2 Å². The maximum Gasteiger partial charge on any atom is 0.157 e. The van der Waals surface area contributed by atoms with E-state index < -0.39 is 0 Å². The fourth-order valence-electron chi connectivity index (χ4n) is 2.20. The average molecular weight is 273 g/mol. The van der Waals surface area contributed by atoms with Gasteiger partial charge in [0.25, 0.3) is 0 Å². The van der Waals surface area contributed by atoms with Gasteiger partial charge in [-0.15, -0.1) is 0 Å². The van der Waals surface area contributed by atoms with Gasteiger partial charge in [0.15, 0.2) is 5.15 Å². The van der Waals surface area contributed by atoms with E-state index in [0.29, 0.717) is 16.7 Å². The van der Waals surface area contributed by atoms with Crippen LogP contribution in [0.4, 0.5) is 5.82 Å². The van der Waals surface area contributed by atoms with E-state index >= 15 is 0 Å². The lowest BCUT2D eigenvalue weighted by Crippen LogP contribution is -1.95. The predicted octanol–water partition coefficient (Wildman–Crippen LogP) is 3.35. The first-order valence-electron chi connectivity index (χ1n) is 6.06. The minimum Gasteiger partial charge on any atom is -0.382 e. The number of nitrogens with two attached hydrogens (primary N) is 1. The van der Waals surface area contributed by atoms with Crippen LogP contribution in [0.3, 0.4) is 0 Å². The van der Waals surface area contributed by atoms with E-state index in [1.54, 1.807) is 0 Å². The van der Waals surface area contributed by atoms with Gasteiger partial charge in [-0.3, -0.25) is 0 Å². The van der Waals surface area contributed by atoms with Gasteiger partial charge in [-0.25, -0.2) is 9.97 Å². The number of anilines is 1. The number of hydrogen-bond donors (Lipinski definition) is 1. The van der Waals surface area contributed by atoms with Crippen LogP contribution in [0.1, 0.15) is 6.92 Å². The molecule has 0 unspecified atom stereocenters. The molecule has 0 atom stereocenters. The number of hydrogen-bond acceptors (Lipinski definition) is 3. The number of nitrogen functional groups attached to an aromatic ring is 1. The lowest BCUT2D eigenvalue weighted by Gasteiger charge is -2.05. The molecule has 2 aromatic heterocycles. The standard InChI is InChI=1S/C14H13ClN4/c1-2-19-6-5-9-7-10(3-4-11(9)19)13-14(15)18-12(16)8-17-13/h3-8H,2H2,1H3,(H2,16,18). The number of nitrogens with zero attached hydrogens (tertiary/aromatic N) is 3. The molecular formula is C14H13ClN4. The molecule has 2 heterocycles. The monoisotopic (exact) mass is 272 g/mol. The third kappa shape index (κ3) is 2.04. The van der Waals surface area contributed by atoms with Gasteiger partial charge >= 0.3 is 0 Å². The number of rotatable bonds is 2. The van der Waals surface area contributed by atoms with Gasteiger partial charge in [-0.2, -0.15) is 0 Å². The molecule has 0 fully saturated rings. The Balaban J connectivity index is 2.15. The molecule has 0 radical (unpaired) electrons. The number of aryl methyl sites for hydroxylation is 1. The second-order valence-corrected chi connectivity index (χ2v) is 4.67. The highest BCUT2D eigenvalue weighted by atomic mass is 35.5. The van der Waals surface area contributed by atoms with Crippen LogP contribution < -0.4 is 5.73 Å². The van der Waals surface area contributed by atoms with Crippen molar-refractivity contribution < 1.29 is 0 Å². The van der Waals surface area contributed by atoms with Crippen LogP contribution in [0.15, 0.2) is 36.7 Å². The first-order valence-corrected chi connectivity index (χ1v) is 6.44. The maximum atomic E-state index is 6.09. The van der Waals surface area contributed by atoms with Crippen LogP contribution in [0, 0.1) is 0 Å². The number of fused-ring (bicyclic) bond motifs is 1. The fourth-order valence-corrected chi connectivity index (χ4v) is 2.45. The van der Waals surface area contributed by atoms with Crippen LogP contribution in [-0.2, 0) is 6.54 Å². The molecule has 3 rings (SSSR count). The Morgan fingerprint density at radius 3 is 2.89 bits per heavy atom. The highest BCUT2D eigenvalue weighted by Crippen LogP contribution is 2.28. The van der Waals surface area contributed by atoms with Crippen molar-refractivity contribution in [2.45, 2.75) is 13.5 Å². The molecule has 2 N–H and O–H groups in total. The van der Waals surface area contributed by atoms with E-state index in [-0.39, 0.29) is 0 Å². The smallest absolute Gasteiger partial charge is 0.157 e. The van der Waals surface area contributed by atoms with Crippen molar-refractivity contribution in [1.82, 2.24) is 14.5 Å². The summed E-state index contributed by atoms with van der Waals surface area (Å²) in [6, 6.07) is 8.22. The van der Waals surface area contributed by atoms with Crippen molar-refractivity contribution in [3.63, 3.8) is 0 Å². The van der Waals surface area contributed by atoms with Crippen molar-refractivity contribution in [2.24, 2.45) is 0 Å². The van der Waals surface area contributed by atoms with Crippen LogP contribution in [0.25, 0.3) is 22.2 Å². The van der Waals surface area contributed by atoms with Crippen molar-refractivity contribution in [3.05, 3.63) is 41.8 Å². The van der Waals surface area contributed by atoms with Gasteiger partial charge < -0.3 is 10.3 Å². The second-order valence-electron chi connectivity index (χ2n) is 4.31. The Morgan fingerprint density at radius 2 is 2.16 bits per heavy atom. The zero-order valence-electron chi connectivity index (χ0n) is 10.5. The fraction of sp³-hybridized carbons (Fsp3) is 0.143. The Labute approximate surface area is 115 Å². The normalized spacial score (nSPS) is 11.1. The summed E-state index contributed by atoms with van der Waals surface area (Å²) in [6.45, 7) is 3.07. The summed E-state index contributed by atoms with van der Waals surface area (Å²) in [7, 11) is 0. The topological polar surface area (TPSA) is 56.7 Å². The molecule has 0 bridgehead atoms. The van der Waals surface area contributed by atoms with Gasteiger partial charge in [0.2, 0.25) is 0 Å². The molecule has 4 nitrogen and oxygen atoms in total. The molecule has 3 aromatic rings. The first-order chi connectivity index (χ1) is 9.19. The molecule has 0 aliphatic carbocycles. The molecule has 96 valence electrons. The molecule has 0 amide bonds. The lowest BCUT2D eigenvalue weighted by atomic mass is 10.1. The minimum atomic E-state index is 0.326. The molecule has 0 aliphatic rings. The molecule has 1 aromatic carbocycles. The average Bonchev–Trinajstić information content (AvgIpc) is 2.80. The maximum absolute atomic E-state index is 6.09. The number of aromatic nitrogens is 3. The van der Waals surface area contributed by atoms with E-state index in [9.17, 15) is 0 Å². The van der Waals surface area contributed by atoms with Crippen molar-refractivity contribution in [3.8, 4) is 11.3 Å². The van der Waals surface area contributed by atoms with Gasteiger partial charge in [0.05, 0.1) is 6.20 Å². The summed E-state index contributed by atoms with van der Waals surface area (Å²) in [5, 5.41) is 1.49. The zero-order chi connectivity index (χ0) is 13.4. The van der Waals surface area contributed by atoms with E-state index in [4.69, 9.17) is 17.3 Å². The van der Waals surface area contributed by atoms with Crippen LogP contribution in [-0.4, -0.2) is 14.5 Å². The first kappa shape index (κ1) is 12.0. The summed E-state index contributed by atoms with van der Waals surface area (Å²) in [5.74, 6) is 0.326. The van der Waals surface area contributed by atoms with Crippen molar-refractivity contribution in [2.75, 3.05) is 5.73 Å². The molecule has 19 heavy (non-hydrogen) atoms. The Hall–Kier alpha value is -2.07. The molecule has 5 heteroatoms. The summed E-state index contributed by atoms with van der Waals surface area (Å²) in [5.41, 5.74) is 8.35. The van der Waals surface area contributed by atoms with E-state index in [2.05, 4.69) is 45.9 Å². The molecule has 0 saturated heterocycles. The Morgan fingerprint density at radius 1 is 1.32 bits per heavy atom. The number of halogens is 1. The second kappa shape index (κ2) is 4.55. The molecular weight excluding hydrogens is 260 g/mol. The van der Waals surface area contributed by atoms with Crippen LogP contribution >= 0.6 is 11.6 Å². The van der Waals surface area contributed by atoms with Gasteiger partial charge in [0.1, 0.15) is 11.5 Å². The summed E-state index contributed by atoms with van der Waals surface area (Å²) in [4.78, 5) is 8.28. The van der Waals surface area contributed by atoms with E-state index in [1.807, 2.05) is 6.07 Å². The Bertz CT molecular complexity index is 748. The highest BCUT2D eigenvalue weighted by molar-refractivity contribution is 6.31. The third-order valence-corrected chi connectivity index (χ3v) is 3.40.